The van der Waals surface area contributed by atoms with Gasteiger partial charge in [-0.1, -0.05) is 25.8 Å². The number of methoxy groups -OCH3 is 1. The molecule has 0 saturated heterocycles. The first-order valence-electron chi connectivity index (χ1n) is 11.1. The van der Waals surface area contributed by atoms with Gasteiger partial charge in [-0.2, -0.15) is 0 Å². The third-order valence-electron chi connectivity index (χ3n) is 5.83. The number of anilines is 1. The van der Waals surface area contributed by atoms with Gasteiger partial charge in [-0.25, -0.2) is 13.6 Å². The Labute approximate surface area is 192 Å². The van der Waals surface area contributed by atoms with Gasteiger partial charge in [-0.3, -0.25) is 4.79 Å². The van der Waals surface area contributed by atoms with Gasteiger partial charge in [0.05, 0.1) is 24.3 Å². The number of carbonyl (C=O) groups is 2. The Balaban J connectivity index is 2.00. The fraction of sp³-hybridized carbons (Fsp3) is 0.500. The largest absolute Gasteiger partial charge is 0.466 e. The number of nitrogens with one attached hydrogen (secondary N) is 2. The van der Waals surface area contributed by atoms with Gasteiger partial charge in [-0.05, 0) is 38.7 Å². The summed E-state index contributed by atoms with van der Waals surface area (Å²) in [5.74, 6) is -2.52. The SMILES string of the molecule is CCCCC(Nc1cc(F)cc(F)c1)C12C=CC(O1)C(C(=O)NCCN(C)C)=C2C(=O)OC. The van der Waals surface area contributed by atoms with Crippen LogP contribution in [-0.4, -0.2) is 68.8 Å². The molecule has 3 rings (SSSR count). The summed E-state index contributed by atoms with van der Waals surface area (Å²) in [5.41, 5.74) is -0.761. The van der Waals surface area contributed by atoms with Gasteiger partial charge in [0.2, 0.25) is 0 Å². The van der Waals surface area contributed by atoms with Gasteiger partial charge in [-0.15, -0.1) is 0 Å². The van der Waals surface area contributed by atoms with Gasteiger partial charge < -0.3 is 25.0 Å². The lowest BCUT2D eigenvalue weighted by molar-refractivity contribution is -0.138. The van der Waals surface area contributed by atoms with Crippen molar-refractivity contribution < 1.29 is 27.8 Å². The van der Waals surface area contributed by atoms with E-state index in [-0.39, 0.29) is 16.8 Å². The molecule has 33 heavy (non-hydrogen) atoms. The highest BCUT2D eigenvalue weighted by Crippen LogP contribution is 2.47. The number of likely N-dealkylation sites (N-methyl/N-ethyl adjacent to an activating group) is 1. The zero-order chi connectivity index (χ0) is 24.2. The van der Waals surface area contributed by atoms with E-state index in [1.807, 2.05) is 25.9 Å². The quantitative estimate of drug-likeness (QED) is 0.388. The highest BCUT2D eigenvalue weighted by atomic mass is 19.1. The predicted octanol–water partition coefficient (Wildman–Crippen LogP) is 2.79. The molecule has 2 bridgehead atoms. The zero-order valence-electron chi connectivity index (χ0n) is 19.4. The topological polar surface area (TPSA) is 79.9 Å². The van der Waals surface area contributed by atoms with Crippen LogP contribution in [0, 0.1) is 11.6 Å². The van der Waals surface area contributed by atoms with Crippen LogP contribution in [0.1, 0.15) is 26.2 Å². The van der Waals surface area contributed by atoms with E-state index in [9.17, 15) is 18.4 Å². The molecule has 9 heteroatoms. The molecular formula is C24H31F2N3O4. The Hall–Kier alpha value is -2.78. The van der Waals surface area contributed by atoms with Crippen LogP contribution in [0.4, 0.5) is 14.5 Å². The molecule has 180 valence electrons. The van der Waals surface area contributed by atoms with E-state index in [4.69, 9.17) is 9.47 Å². The van der Waals surface area contributed by atoms with Gasteiger partial charge in [0.25, 0.3) is 5.91 Å². The number of amides is 1. The van der Waals surface area contributed by atoms with Crippen molar-refractivity contribution >= 4 is 17.6 Å². The maximum absolute atomic E-state index is 13.8. The normalized spacial score (nSPS) is 22.1. The molecule has 0 aliphatic carbocycles. The maximum atomic E-state index is 13.8. The fourth-order valence-electron chi connectivity index (χ4n) is 4.28. The van der Waals surface area contributed by atoms with Gasteiger partial charge in [0.15, 0.2) is 0 Å². The first-order valence-corrected chi connectivity index (χ1v) is 11.1. The number of carbonyl (C=O) groups excluding carboxylic acids is 2. The first-order chi connectivity index (χ1) is 15.7. The third-order valence-corrected chi connectivity index (χ3v) is 5.83. The molecule has 3 unspecified atom stereocenters. The van der Waals surface area contributed by atoms with Crippen LogP contribution >= 0.6 is 0 Å². The molecule has 0 fully saturated rings. The lowest BCUT2D eigenvalue weighted by Crippen LogP contribution is -2.48. The molecule has 0 saturated carbocycles. The molecule has 0 aromatic heterocycles. The summed E-state index contributed by atoms with van der Waals surface area (Å²) in [5, 5.41) is 5.98. The summed E-state index contributed by atoms with van der Waals surface area (Å²) in [6.45, 7) is 3.04. The molecule has 2 aliphatic rings. The molecule has 1 aromatic rings. The summed E-state index contributed by atoms with van der Waals surface area (Å²) >= 11 is 0. The van der Waals surface area contributed by atoms with E-state index in [1.165, 1.54) is 19.2 Å². The summed E-state index contributed by atoms with van der Waals surface area (Å²) in [6, 6.07) is 2.58. The monoisotopic (exact) mass is 463 g/mol. The number of esters is 1. The van der Waals surface area contributed by atoms with E-state index in [0.717, 1.165) is 18.9 Å². The first kappa shape index (κ1) is 24.9. The third kappa shape index (κ3) is 5.25. The highest BCUT2D eigenvalue weighted by Gasteiger charge is 2.57. The lowest BCUT2D eigenvalue weighted by atomic mass is 9.79. The molecular weight excluding hydrogens is 432 g/mol. The zero-order valence-corrected chi connectivity index (χ0v) is 19.4. The molecule has 0 radical (unpaired) electrons. The number of halogens is 2. The Morgan fingerprint density at radius 1 is 1.24 bits per heavy atom. The number of hydrogen-bond acceptors (Lipinski definition) is 6. The van der Waals surface area contributed by atoms with Crippen LogP contribution in [-0.2, 0) is 19.1 Å². The van der Waals surface area contributed by atoms with Gasteiger partial charge >= 0.3 is 5.97 Å². The Morgan fingerprint density at radius 2 is 1.94 bits per heavy atom. The van der Waals surface area contributed by atoms with E-state index in [0.29, 0.717) is 19.5 Å². The van der Waals surface area contributed by atoms with E-state index in [1.54, 1.807) is 12.2 Å². The van der Waals surface area contributed by atoms with E-state index in [2.05, 4.69) is 10.6 Å². The number of nitrogens with zero attached hydrogens (tertiary/aromatic N) is 1. The number of ether oxygens (including phenoxy) is 2. The van der Waals surface area contributed by atoms with Crippen LogP contribution < -0.4 is 10.6 Å². The summed E-state index contributed by atoms with van der Waals surface area (Å²) < 4.78 is 38.9. The number of unbranched alkanes of at least 4 members (excludes halogenated alkanes) is 1. The smallest absolute Gasteiger partial charge is 0.337 e. The molecule has 2 heterocycles. The minimum absolute atomic E-state index is 0.116. The molecule has 1 aromatic carbocycles. The molecule has 2 N–H and O–H groups in total. The average Bonchev–Trinajstić information content (AvgIpc) is 3.33. The van der Waals surface area contributed by atoms with Crippen molar-refractivity contribution in [2.24, 2.45) is 0 Å². The average molecular weight is 464 g/mol. The number of benzene rings is 1. The standard InChI is InChI=1S/C24H31F2N3O4/c1-5-6-7-19(28-17-13-15(25)12-16(26)14-17)24-9-8-18(33-24)20(21(24)23(31)32-4)22(30)27-10-11-29(2)3/h8-9,12-14,18-19,28H,5-7,10-11H2,1-4H3,(H,27,30). The summed E-state index contributed by atoms with van der Waals surface area (Å²) in [7, 11) is 5.03. The fourth-order valence-corrected chi connectivity index (χ4v) is 4.28. The van der Waals surface area contributed by atoms with Crippen molar-refractivity contribution in [3.05, 3.63) is 53.1 Å². The highest BCUT2D eigenvalue weighted by molar-refractivity contribution is 6.07. The number of fused-ring (bicyclic) bond motifs is 2. The minimum atomic E-state index is -1.30. The van der Waals surface area contributed by atoms with Crippen molar-refractivity contribution in [3.8, 4) is 0 Å². The molecule has 0 spiro atoms. The Kier molecular flexibility index (Phi) is 7.86. The molecule has 1 amide bonds. The summed E-state index contributed by atoms with van der Waals surface area (Å²) in [4.78, 5) is 27.9. The number of hydrogen-bond donors (Lipinski definition) is 2. The van der Waals surface area contributed by atoms with Gasteiger partial charge in [0, 0.05) is 24.8 Å². The van der Waals surface area contributed by atoms with Crippen LogP contribution in [0.25, 0.3) is 0 Å². The van der Waals surface area contributed by atoms with Crippen LogP contribution in [0.3, 0.4) is 0 Å². The van der Waals surface area contributed by atoms with Crippen molar-refractivity contribution in [1.82, 2.24) is 10.2 Å². The van der Waals surface area contributed by atoms with Crippen LogP contribution in [0.5, 0.6) is 0 Å². The van der Waals surface area contributed by atoms with Crippen molar-refractivity contribution in [1.29, 1.82) is 0 Å². The summed E-state index contributed by atoms with van der Waals surface area (Å²) in [6.07, 6.45) is 4.91. The van der Waals surface area contributed by atoms with Gasteiger partial charge in [0.1, 0.15) is 23.3 Å². The predicted molar refractivity (Wildman–Crippen MR) is 121 cm³/mol. The molecule has 3 atom stereocenters. The Morgan fingerprint density at radius 3 is 2.55 bits per heavy atom. The molecule has 7 nitrogen and oxygen atoms in total. The van der Waals surface area contributed by atoms with Crippen LogP contribution in [0.15, 0.2) is 41.5 Å². The lowest BCUT2D eigenvalue weighted by Gasteiger charge is -2.36. The maximum Gasteiger partial charge on any atom is 0.337 e. The minimum Gasteiger partial charge on any atom is -0.466 e. The van der Waals surface area contributed by atoms with Crippen LogP contribution in [0.2, 0.25) is 0 Å². The second kappa shape index (κ2) is 10.4. The van der Waals surface area contributed by atoms with Crippen molar-refractivity contribution in [3.63, 3.8) is 0 Å². The molecule has 2 aliphatic heterocycles. The second-order valence-corrected chi connectivity index (χ2v) is 8.53. The van der Waals surface area contributed by atoms with E-state index < -0.39 is 41.3 Å². The Bertz CT molecular complexity index is 943. The number of rotatable bonds is 11. The van der Waals surface area contributed by atoms with E-state index >= 15 is 0 Å². The van der Waals surface area contributed by atoms with Crippen molar-refractivity contribution in [2.45, 2.75) is 43.9 Å². The second-order valence-electron chi connectivity index (χ2n) is 8.53. The van der Waals surface area contributed by atoms with Crippen molar-refractivity contribution in [2.75, 3.05) is 39.6 Å².